The van der Waals surface area contributed by atoms with E-state index in [2.05, 4.69) is 20.4 Å². The summed E-state index contributed by atoms with van der Waals surface area (Å²) in [6.07, 6.45) is 0. The lowest BCUT2D eigenvalue weighted by Gasteiger charge is -2.12. The van der Waals surface area contributed by atoms with Gasteiger partial charge in [0.25, 0.3) is 11.8 Å². The summed E-state index contributed by atoms with van der Waals surface area (Å²) in [5.41, 5.74) is 2.11. The number of ether oxygens (including phenoxy) is 1. The van der Waals surface area contributed by atoms with Crippen LogP contribution in [0.2, 0.25) is 5.02 Å². The summed E-state index contributed by atoms with van der Waals surface area (Å²) in [5, 5.41) is 7.10. The zero-order valence-electron chi connectivity index (χ0n) is 16.1. The summed E-state index contributed by atoms with van der Waals surface area (Å²) in [7, 11) is 0. The number of halogens is 1. The molecule has 1 amide bonds. The number of benzene rings is 1. The fourth-order valence-electron chi connectivity index (χ4n) is 2.58. The molecule has 0 unspecified atom stereocenters. The maximum atomic E-state index is 12.9. The van der Waals surface area contributed by atoms with Crippen molar-refractivity contribution in [2.24, 2.45) is 0 Å². The molecule has 0 aliphatic rings. The third-order valence-electron chi connectivity index (χ3n) is 4.03. The molecule has 0 saturated carbocycles. The summed E-state index contributed by atoms with van der Waals surface area (Å²) in [5.74, 6) is 0.948. The lowest BCUT2D eigenvalue weighted by Crippen LogP contribution is -2.16. The average molecular weight is 401 g/mol. The predicted octanol–water partition coefficient (Wildman–Crippen LogP) is 4.87. The molecule has 0 fully saturated rings. The van der Waals surface area contributed by atoms with Gasteiger partial charge < -0.3 is 14.6 Å². The third kappa shape index (κ3) is 4.14. The van der Waals surface area contributed by atoms with Crippen LogP contribution in [0, 0.1) is 6.92 Å². The number of rotatable bonds is 6. The van der Waals surface area contributed by atoms with Crippen LogP contribution >= 0.6 is 11.6 Å². The molecule has 2 aromatic heterocycles. The molecule has 0 aliphatic carbocycles. The van der Waals surface area contributed by atoms with E-state index in [0.717, 1.165) is 5.56 Å². The second-order valence-electron chi connectivity index (χ2n) is 6.48. The van der Waals surface area contributed by atoms with Gasteiger partial charge in [-0.1, -0.05) is 42.7 Å². The van der Waals surface area contributed by atoms with Gasteiger partial charge in [-0.2, -0.15) is 4.98 Å². The van der Waals surface area contributed by atoms with Crippen LogP contribution in [0.4, 0.5) is 5.69 Å². The number of hydrogen-bond acceptors (Lipinski definition) is 6. The lowest BCUT2D eigenvalue weighted by molar-refractivity contribution is 0.102. The van der Waals surface area contributed by atoms with Crippen molar-refractivity contribution in [1.82, 2.24) is 15.1 Å². The zero-order valence-corrected chi connectivity index (χ0v) is 16.9. The monoisotopic (exact) mass is 400 g/mol. The van der Waals surface area contributed by atoms with Crippen LogP contribution in [-0.2, 0) is 0 Å². The normalized spacial score (nSPS) is 10.9. The number of para-hydroxylation sites is 1. The van der Waals surface area contributed by atoms with Crippen molar-refractivity contribution in [2.45, 2.75) is 33.6 Å². The Bertz CT molecular complexity index is 1000. The Labute approximate surface area is 168 Å². The first-order valence-electron chi connectivity index (χ1n) is 8.95. The minimum absolute atomic E-state index is 0.0789. The number of carbonyl (C=O) groups excluding carboxylic acids is 1. The van der Waals surface area contributed by atoms with Crippen LogP contribution in [0.1, 0.15) is 48.6 Å². The molecule has 146 valence electrons. The summed E-state index contributed by atoms with van der Waals surface area (Å²) < 4.78 is 10.8. The molecular weight excluding hydrogens is 380 g/mol. The molecule has 0 atom stereocenters. The van der Waals surface area contributed by atoms with Crippen molar-refractivity contribution in [3.05, 3.63) is 52.4 Å². The Hall–Kier alpha value is -2.93. The van der Waals surface area contributed by atoms with E-state index in [9.17, 15) is 4.79 Å². The zero-order chi connectivity index (χ0) is 20.3. The van der Waals surface area contributed by atoms with Crippen molar-refractivity contribution >= 4 is 23.2 Å². The fourth-order valence-corrected chi connectivity index (χ4v) is 2.77. The topological polar surface area (TPSA) is 90.1 Å². The highest BCUT2D eigenvalue weighted by Gasteiger charge is 2.20. The Morgan fingerprint density at radius 3 is 2.71 bits per heavy atom. The number of amides is 1. The highest BCUT2D eigenvalue weighted by molar-refractivity contribution is 6.34. The maximum Gasteiger partial charge on any atom is 0.275 e. The number of anilines is 1. The van der Waals surface area contributed by atoms with Gasteiger partial charge >= 0.3 is 0 Å². The lowest BCUT2D eigenvalue weighted by atomic mass is 10.1. The van der Waals surface area contributed by atoms with Crippen molar-refractivity contribution in [3.63, 3.8) is 0 Å². The molecule has 8 heteroatoms. The van der Waals surface area contributed by atoms with E-state index in [-0.39, 0.29) is 16.6 Å². The van der Waals surface area contributed by atoms with Crippen LogP contribution in [0.15, 0.2) is 34.9 Å². The van der Waals surface area contributed by atoms with E-state index in [0.29, 0.717) is 35.5 Å². The number of hydrogen-bond donors (Lipinski definition) is 1. The van der Waals surface area contributed by atoms with E-state index < -0.39 is 5.91 Å². The maximum absolute atomic E-state index is 12.9. The number of pyridine rings is 1. The Kier molecular flexibility index (Phi) is 5.94. The van der Waals surface area contributed by atoms with E-state index in [4.69, 9.17) is 20.9 Å². The second-order valence-corrected chi connectivity index (χ2v) is 6.88. The van der Waals surface area contributed by atoms with Crippen LogP contribution in [0.3, 0.4) is 0 Å². The van der Waals surface area contributed by atoms with Crippen LogP contribution in [0.5, 0.6) is 5.88 Å². The molecule has 1 aromatic carbocycles. The highest BCUT2D eigenvalue weighted by atomic mass is 35.5. The quantitative estimate of drug-likeness (QED) is 0.634. The number of aryl methyl sites for hydroxylation is 1. The Morgan fingerprint density at radius 2 is 2.04 bits per heavy atom. The molecule has 7 nitrogen and oxygen atoms in total. The SMILES string of the molecule is CCOc1ccc(Cl)c(C(=O)Nc2c(C)cccc2-c2nc(C(C)C)no2)n1. The van der Waals surface area contributed by atoms with E-state index in [1.807, 2.05) is 45.9 Å². The molecule has 0 bridgehead atoms. The molecule has 1 N–H and O–H groups in total. The van der Waals surface area contributed by atoms with Crippen molar-refractivity contribution in [3.8, 4) is 17.3 Å². The highest BCUT2D eigenvalue weighted by Crippen LogP contribution is 2.31. The molecule has 0 saturated heterocycles. The van der Waals surface area contributed by atoms with E-state index in [1.54, 1.807) is 12.1 Å². The summed E-state index contributed by atoms with van der Waals surface area (Å²) in [4.78, 5) is 21.5. The molecule has 0 radical (unpaired) electrons. The molecule has 2 heterocycles. The summed E-state index contributed by atoms with van der Waals surface area (Å²) >= 11 is 6.17. The smallest absolute Gasteiger partial charge is 0.275 e. The van der Waals surface area contributed by atoms with Gasteiger partial charge in [0, 0.05) is 12.0 Å². The second kappa shape index (κ2) is 8.39. The minimum atomic E-state index is -0.453. The van der Waals surface area contributed by atoms with Gasteiger partial charge in [-0.05, 0) is 31.5 Å². The van der Waals surface area contributed by atoms with Gasteiger partial charge in [-0.3, -0.25) is 4.79 Å². The van der Waals surface area contributed by atoms with Gasteiger partial charge in [0.1, 0.15) is 0 Å². The molecular formula is C20H21ClN4O3. The first kappa shape index (κ1) is 19.8. The van der Waals surface area contributed by atoms with Crippen LogP contribution in [-0.4, -0.2) is 27.6 Å². The summed E-state index contributed by atoms with van der Waals surface area (Å²) in [6, 6.07) is 8.75. The molecule has 28 heavy (non-hydrogen) atoms. The van der Waals surface area contributed by atoms with Crippen LogP contribution < -0.4 is 10.1 Å². The predicted molar refractivity (Wildman–Crippen MR) is 107 cm³/mol. The van der Waals surface area contributed by atoms with Crippen LogP contribution in [0.25, 0.3) is 11.5 Å². The van der Waals surface area contributed by atoms with Gasteiger partial charge in [-0.25, -0.2) is 4.98 Å². The number of carbonyl (C=O) groups is 1. The first-order chi connectivity index (χ1) is 13.4. The average Bonchev–Trinajstić information content (AvgIpc) is 3.15. The van der Waals surface area contributed by atoms with Gasteiger partial charge in [0.2, 0.25) is 5.88 Å². The fraction of sp³-hybridized carbons (Fsp3) is 0.300. The van der Waals surface area contributed by atoms with Crippen molar-refractivity contribution < 1.29 is 14.1 Å². The molecule has 3 rings (SSSR count). The Morgan fingerprint density at radius 1 is 1.25 bits per heavy atom. The number of aromatic nitrogens is 3. The standard InChI is InChI=1S/C20H21ClN4O3/c1-5-27-15-10-9-14(21)17(22-15)19(26)23-16-12(4)7-6-8-13(16)20-24-18(11(2)3)25-28-20/h6-11H,5H2,1-4H3,(H,23,26). The van der Waals surface area contributed by atoms with Gasteiger partial charge in [0.05, 0.1) is 22.9 Å². The number of nitrogens with zero attached hydrogens (tertiary/aromatic N) is 3. The van der Waals surface area contributed by atoms with Crippen molar-refractivity contribution in [2.75, 3.05) is 11.9 Å². The third-order valence-corrected chi connectivity index (χ3v) is 4.33. The van der Waals surface area contributed by atoms with E-state index >= 15 is 0 Å². The van der Waals surface area contributed by atoms with Gasteiger partial charge in [-0.15, -0.1) is 0 Å². The van der Waals surface area contributed by atoms with Gasteiger partial charge in [0.15, 0.2) is 11.5 Å². The number of nitrogens with one attached hydrogen (secondary N) is 1. The molecule has 0 spiro atoms. The summed E-state index contributed by atoms with van der Waals surface area (Å²) in [6.45, 7) is 8.11. The largest absolute Gasteiger partial charge is 0.478 e. The first-order valence-corrected chi connectivity index (χ1v) is 9.32. The Balaban J connectivity index is 1.96. The molecule has 0 aliphatic heterocycles. The van der Waals surface area contributed by atoms with Crippen molar-refractivity contribution in [1.29, 1.82) is 0 Å². The van der Waals surface area contributed by atoms with E-state index in [1.165, 1.54) is 0 Å². The molecule has 3 aromatic rings. The minimum Gasteiger partial charge on any atom is -0.478 e.